The van der Waals surface area contributed by atoms with Gasteiger partial charge in [0.2, 0.25) is 0 Å². The molecule has 5 heteroatoms. The Labute approximate surface area is 151 Å². The Morgan fingerprint density at radius 2 is 2.00 bits per heavy atom. The number of aromatic nitrogens is 1. The van der Waals surface area contributed by atoms with Crippen LogP contribution in [0.1, 0.15) is 42.5 Å². The summed E-state index contributed by atoms with van der Waals surface area (Å²) in [5.74, 6) is -0.0603. The molecule has 1 amide bonds. The maximum absolute atomic E-state index is 12.5. The number of hydrogen-bond donors (Lipinski definition) is 1. The van der Waals surface area contributed by atoms with E-state index in [-0.39, 0.29) is 11.9 Å². The van der Waals surface area contributed by atoms with E-state index in [1.165, 1.54) is 19.3 Å². The van der Waals surface area contributed by atoms with Crippen molar-refractivity contribution < 1.29 is 9.21 Å². The van der Waals surface area contributed by atoms with Crippen molar-refractivity contribution in [3.63, 3.8) is 0 Å². The second kappa shape index (κ2) is 6.89. The smallest absolute Gasteiger partial charge is 0.251 e. The SMILES string of the molecule is O=C(NC1CCCCC1)c1ccc(-c2nccc3occc23)c(Cl)c1. The Morgan fingerprint density at radius 3 is 2.80 bits per heavy atom. The molecule has 0 saturated heterocycles. The zero-order chi connectivity index (χ0) is 17.2. The summed E-state index contributed by atoms with van der Waals surface area (Å²) in [6.07, 6.45) is 9.08. The van der Waals surface area contributed by atoms with Crippen LogP contribution in [0.5, 0.6) is 0 Å². The molecule has 2 heterocycles. The van der Waals surface area contributed by atoms with E-state index in [4.69, 9.17) is 16.0 Å². The number of benzene rings is 1. The zero-order valence-electron chi connectivity index (χ0n) is 13.8. The molecule has 0 radical (unpaired) electrons. The summed E-state index contributed by atoms with van der Waals surface area (Å²) in [7, 11) is 0. The van der Waals surface area contributed by atoms with Crippen molar-refractivity contribution in [2.75, 3.05) is 0 Å². The van der Waals surface area contributed by atoms with Gasteiger partial charge in [-0.25, -0.2) is 0 Å². The molecular weight excluding hydrogens is 336 g/mol. The summed E-state index contributed by atoms with van der Waals surface area (Å²) in [6.45, 7) is 0. The van der Waals surface area contributed by atoms with Crippen LogP contribution in [-0.2, 0) is 0 Å². The Morgan fingerprint density at radius 1 is 1.16 bits per heavy atom. The molecule has 4 rings (SSSR count). The fourth-order valence-electron chi connectivity index (χ4n) is 3.47. The highest BCUT2D eigenvalue weighted by Gasteiger charge is 2.18. The van der Waals surface area contributed by atoms with E-state index in [0.717, 1.165) is 35.1 Å². The lowest BCUT2D eigenvalue weighted by atomic mass is 9.95. The van der Waals surface area contributed by atoms with Gasteiger partial charge in [-0.3, -0.25) is 9.78 Å². The summed E-state index contributed by atoms with van der Waals surface area (Å²) in [5, 5.41) is 4.54. The minimum absolute atomic E-state index is 0.0603. The lowest BCUT2D eigenvalue weighted by Crippen LogP contribution is -2.36. The van der Waals surface area contributed by atoms with Crippen LogP contribution >= 0.6 is 11.6 Å². The van der Waals surface area contributed by atoms with E-state index in [1.807, 2.05) is 18.2 Å². The van der Waals surface area contributed by atoms with Crippen molar-refractivity contribution in [2.45, 2.75) is 38.1 Å². The molecule has 4 nitrogen and oxygen atoms in total. The summed E-state index contributed by atoms with van der Waals surface area (Å²) < 4.78 is 5.42. The van der Waals surface area contributed by atoms with Gasteiger partial charge >= 0.3 is 0 Å². The lowest BCUT2D eigenvalue weighted by Gasteiger charge is -2.22. The average molecular weight is 355 g/mol. The van der Waals surface area contributed by atoms with Gasteiger partial charge in [0.05, 0.1) is 17.0 Å². The van der Waals surface area contributed by atoms with E-state index in [2.05, 4.69) is 10.3 Å². The van der Waals surface area contributed by atoms with Crippen LogP contribution in [0.4, 0.5) is 0 Å². The largest absolute Gasteiger partial charge is 0.464 e. The molecule has 0 aliphatic heterocycles. The molecule has 2 aromatic heterocycles. The Hall–Kier alpha value is -2.33. The van der Waals surface area contributed by atoms with Gasteiger partial charge in [-0.2, -0.15) is 0 Å². The normalized spacial score (nSPS) is 15.4. The number of amides is 1. The number of hydrogen-bond acceptors (Lipinski definition) is 3. The van der Waals surface area contributed by atoms with Crippen LogP contribution < -0.4 is 5.32 Å². The fourth-order valence-corrected chi connectivity index (χ4v) is 3.74. The fraction of sp³-hybridized carbons (Fsp3) is 0.300. The number of carbonyl (C=O) groups excluding carboxylic acids is 1. The minimum atomic E-state index is -0.0603. The van der Waals surface area contributed by atoms with Gasteiger partial charge in [-0.05, 0) is 37.1 Å². The first-order valence-corrected chi connectivity index (χ1v) is 9.03. The molecule has 128 valence electrons. The molecule has 1 saturated carbocycles. The summed E-state index contributed by atoms with van der Waals surface area (Å²) >= 11 is 6.47. The van der Waals surface area contributed by atoms with E-state index < -0.39 is 0 Å². The number of halogens is 1. The highest BCUT2D eigenvalue weighted by molar-refractivity contribution is 6.34. The molecular formula is C20H19ClN2O2. The molecule has 0 unspecified atom stereocenters. The zero-order valence-corrected chi connectivity index (χ0v) is 14.6. The first-order valence-electron chi connectivity index (χ1n) is 8.65. The van der Waals surface area contributed by atoms with Crippen LogP contribution in [0.25, 0.3) is 22.2 Å². The lowest BCUT2D eigenvalue weighted by molar-refractivity contribution is 0.0927. The minimum Gasteiger partial charge on any atom is -0.464 e. The second-order valence-electron chi connectivity index (χ2n) is 6.49. The topological polar surface area (TPSA) is 55.1 Å². The molecule has 0 bridgehead atoms. The average Bonchev–Trinajstić information content (AvgIpc) is 3.11. The highest BCUT2D eigenvalue weighted by atomic mass is 35.5. The van der Waals surface area contributed by atoms with Gasteiger partial charge in [0.25, 0.3) is 5.91 Å². The van der Waals surface area contributed by atoms with Crippen molar-refractivity contribution in [3.05, 3.63) is 53.4 Å². The molecule has 25 heavy (non-hydrogen) atoms. The first-order chi connectivity index (χ1) is 12.2. The van der Waals surface area contributed by atoms with Crippen LogP contribution in [0.2, 0.25) is 5.02 Å². The maximum atomic E-state index is 12.5. The summed E-state index contributed by atoms with van der Waals surface area (Å²) in [5.41, 5.74) is 2.90. The van der Waals surface area contributed by atoms with E-state index >= 15 is 0 Å². The van der Waals surface area contributed by atoms with E-state index in [1.54, 1.807) is 24.6 Å². The van der Waals surface area contributed by atoms with E-state index in [9.17, 15) is 4.79 Å². The highest BCUT2D eigenvalue weighted by Crippen LogP contribution is 2.33. The van der Waals surface area contributed by atoms with Gasteiger partial charge in [0.15, 0.2) is 0 Å². The third kappa shape index (κ3) is 3.27. The van der Waals surface area contributed by atoms with Crippen molar-refractivity contribution >= 4 is 28.5 Å². The van der Waals surface area contributed by atoms with Crippen molar-refractivity contribution in [3.8, 4) is 11.3 Å². The van der Waals surface area contributed by atoms with Crippen molar-refractivity contribution in [1.29, 1.82) is 0 Å². The molecule has 0 atom stereocenters. The number of nitrogens with one attached hydrogen (secondary N) is 1. The summed E-state index contributed by atoms with van der Waals surface area (Å²) in [6, 6.07) is 9.35. The van der Waals surface area contributed by atoms with Crippen LogP contribution in [0.15, 0.2) is 47.2 Å². The van der Waals surface area contributed by atoms with Gasteiger partial charge in [0.1, 0.15) is 5.58 Å². The first kappa shape index (κ1) is 16.2. The third-order valence-corrected chi connectivity index (χ3v) is 5.12. The number of rotatable bonds is 3. The van der Waals surface area contributed by atoms with Crippen molar-refractivity contribution in [1.82, 2.24) is 10.3 Å². The molecule has 3 aromatic rings. The van der Waals surface area contributed by atoms with E-state index in [0.29, 0.717) is 10.6 Å². The molecule has 1 aliphatic carbocycles. The number of nitrogens with zero attached hydrogens (tertiary/aromatic N) is 1. The number of carbonyl (C=O) groups is 1. The van der Waals surface area contributed by atoms with Crippen LogP contribution in [0.3, 0.4) is 0 Å². The Bertz CT molecular complexity index is 913. The molecule has 1 N–H and O–H groups in total. The molecule has 1 fully saturated rings. The predicted octanol–water partition coefficient (Wildman–Crippen LogP) is 5.21. The van der Waals surface area contributed by atoms with Gasteiger partial charge in [-0.15, -0.1) is 0 Å². The van der Waals surface area contributed by atoms with Crippen LogP contribution in [0, 0.1) is 0 Å². The Balaban J connectivity index is 1.60. The standard InChI is InChI=1S/C20H19ClN2O2/c21-17-12-13(20(24)23-14-4-2-1-3-5-14)6-7-15(17)19-16-9-11-25-18(16)8-10-22-19/h6-12,14H,1-5H2,(H,23,24). The number of furan rings is 1. The number of pyridine rings is 1. The predicted molar refractivity (Wildman–Crippen MR) is 98.8 cm³/mol. The van der Waals surface area contributed by atoms with Crippen LogP contribution in [-0.4, -0.2) is 16.9 Å². The molecule has 1 aromatic carbocycles. The quantitative estimate of drug-likeness (QED) is 0.702. The van der Waals surface area contributed by atoms with Gasteiger partial charge in [-0.1, -0.05) is 36.9 Å². The molecule has 1 aliphatic rings. The number of fused-ring (bicyclic) bond motifs is 1. The second-order valence-corrected chi connectivity index (χ2v) is 6.90. The molecule has 0 spiro atoms. The third-order valence-electron chi connectivity index (χ3n) is 4.81. The van der Waals surface area contributed by atoms with Gasteiger partial charge < -0.3 is 9.73 Å². The summed E-state index contributed by atoms with van der Waals surface area (Å²) in [4.78, 5) is 16.9. The maximum Gasteiger partial charge on any atom is 0.251 e. The van der Waals surface area contributed by atoms with Gasteiger partial charge in [0, 0.05) is 28.8 Å². The Kier molecular flexibility index (Phi) is 4.45. The van der Waals surface area contributed by atoms with Crippen molar-refractivity contribution in [2.24, 2.45) is 0 Å². The monoisotopic (exact) mass is 354 g/mol.